The third kappa shape index (κ3) is 3.39. The molecule has 0 bridgehead atoms. The van der Waals surface area contributed by atoms with Crippen molar-refractivity contribution in [2.24, 2.45) is 0 Å². The number of hydrogen-bond acceptors (Lipinski definition) is 4. The van der Waals surface area contributed by atoms with Crippen LogP contribution < -0.4 is 10.1 Å². The number of methoxy groups -OCH3 is 1. The van der Waals surface area contributed by atoms with Crippen LogP contribution >= 0.6 is 0 Å². The van der Waals surface area contributed by atoms with Gasteiger partial charge in [-0.25, -0.2) is 0 Å². The lowest BCUT2D eigenvalue weighted by Gasteiger charge is -2.32. The van der Waals surface area contributed by atoms with Gasteiger partial charge in [-0.05, 0) is 29.3 Å². The summed E-state index contributed by atoms with van der Waals surface area (Å²) >= 11 is 0. The molecule has 5 rings (SSSR count). The maximum absolute atomic E-state index is 13.1. The second-order valence-corrected chi connectivity index (χ2v) is 7.79. The molecule has 0 saturated heterocycles. The molecule has 4 aromatic rings. The van der Waals surface area contributed by atoms with Crippen LogP contribution in [-0.4, -0.2) is 23.8 Å². The van der Waals surface area contributed by atoms with Gasteiger partial charge in [-0.1, -0.05) is 42.5 Å². The van der Waals surface area contributed by atoms with Gasteiger partial charge in [0, 0.05) is 30.0 Å². The van der Waals surface area contributed by atoms with E-state index in [1.807, 2.05) is 60.7 Å². The minimum atomic E-state index is -0.380. The minimum Gasteiger partial charge on any atom is -0.495 e. The van der Waals surface area contributed by atoms with Crippen molar-refractivity contribution < 1.29 is 18.7 Å². The number of ether oxygens (including phenoxy) is 1. The molecule has 2 amide bonds. The molecule has 0 aliphatic carbocycles. The van der Waals surface area contributed by atoms with Crippen molar-refractivity contribution in [2.45, 2.75) is 19.4 Å². The van der Waals surface area contributed by atoms with Crippen LogP contribution in [0.5, 0.6) is 5.75 Å². The van der Waals surface area contributed by atoms with Crippen molar-refractivity contribution >= 4 is 45.5 Å². The SMILES string of the molecule is COc1cc2c(cc1NC(=O)C[C@H]1c3ccccc3C=CN1C(C)=O)oc1ccccc12. The molecule has 32 heavy (non-hydrogen) atoms. The summed E-state index contributed by atoms with van der Waals surface area (Å²) in [5.74, 6) is 0.208. The lowest BCUT2D eigenvalue weighted by molar-refractivity contribution is -0.129. The molecular formula is C26H22N2O4. The summed E-state index contributed by atoms with van der Waals surface area (Å²) in [6, 6.07) is 18.8. The topological polar surface area (TPSA) is 71.8 Å². The Hall–Kier alpha value is -4.06. The fraction of sp³-hybridized carbons (Fsp3) is 0.154. The number of furan rings is 1. The predicted octanol–water partition coefficient (Wildman–Crippen LogP) is 5.50. The van der Waals surface area contributed by atoms with Crippen molar-refractivity contribution in [3.8, 4) is 5.75 Å². The van der Waals surface area contributed by atoms with E-state index in [4.69, 9.17) is 9.15 Å². The summed E-state index contributed by atoms with van der Waals surface area (Å²) in [5.41, 5.74) is 3.91. The standard InChI is InChI=1S/C26H22N2O4/c1-16(29)28-12-11-17-7-3-4-8-18(17)22(28)15-26(30)27-21-14-24-20(13-25(21)31-2)19-9-5-6-10-23(19)32-24/h3-14,22H,15H2,1-2H3,(H,27,30)/t22-/m0/s1. The molecule has 0 fully saturated rings. The first kappa shape index (κ1) is 19.9. The third-order valence-corrected chi connectivity index (χ3v) is 5.82. The number of carbonyl (C=O) groups is 2. The highest BCUT2D eigenvalue weighted by Crippen LogP contribution is 2.37. The second kappa shape index (κ2) is 7.89. The van der Waals surface area contributed by atoms with E-state index < -0.39 is 0 Å². The number of anilines is 1. The highest BCUT2D eigenvalue weighted by Gasteiger charge is 2.28. The average molecular weight is 426 g/mol. The van der Waals surface area contributed by atoms with Crippen molar-refractivity contribution in [1.29, 1.82) is 0 Å². The molecule has 0 saturated carbocycles. The third-order valence-electron chi connectivity index (χ3n) is 5.82. The number of rotatable bonds is 4. The van der Waals surface area contributed by atoms with Crippen LogP contribution in [-0.2, 0) is 9.59 Å². The van der Waals surface area contributed by atoms with Crippen LogP contribution in [0.25, 0.3) is 28.0 Å². The lowest BCUT2D eigenvalue weighted by atomic mass is 9.93. The van der Waals surface area contributed by atoms with E-state index >= 15 is 0 Å². The molecule has 1 N–H and O–H groups in total. The fourth-order valence-corrected chi connectivity index (χ4v) is 4.31. The van der Waals surface area contributed by atoms with Crippen molar-refractivity contribution in [2.75, 3.05) is 12.4 Å². The first-order valence-electron chi connectivity index (χ1n) is 10.4. The van der Waals surface area contributed by atoms with E-state index in [1.165, 1.54) is 6.92 Å². The fourth-order valence-electron chi connectivity index (χ4n) is 4.31. The molecule has 6 nitrogen and oxygen atoms in total. The summed E-state index contributed by atoms with van der Waals surface area (Å²) in [6.07, 6.45) is 3.75. The molecular weight excluding hydrogens is 404 g/mol. The van der Waals surface area contributed by atoms with Gasteiger partial charge in [0.1, 0.15) is 16.9 Å². The van der Waals surface area contributed by atoms with Gasteiger partial charge in [0.15, 0.2) is 0 Å². The van der Waals surface area contributed by atoms with Gasteiger partial charge in [-0.15, -0.1) is 0 Å². The first-order valence-corrected chi connectivity index (χ1v) is 10.4. The molecule has 0 spiro atoms. The summed E-state index contributed by atoms with van der Waals surface area (Å²) in [7, 11) is 1.57. The number of nitrogens with zero attached hydrogens (tertiary/aromatic N) is 1. The van der Waals surface area contributed by atoms with E-state index in [0.29, 0.717) is 17.0 Å². The molecule has 3 aromatic carbocycles. The molecule has 6 heteroatoms. The summed E-state index contributed by atoms with van der Waals surface area (Å²) in [6.45, 7) is 1.50. The quantitative estimate of drug-likeness (QED) is 0.468. The van der Waals surface area contributed by atoms with Crippen LogP contribution in [0.2, 0.25) is 0 Å². The molecule has 0 radical (unpaired) electrons. The zero-order chi connectivity index (χ0) is 22.2. The molecule has 1 aliphatic rings. The number of benzene rings is 3. The van der Waals surface area contributed by atoms with Gasteiger partial charge in [0.05, 0.1) is 25.3 Å². The number of hydrogen-bond donors (Lipinski definition) is 1. The largest absolute Gasteiger partial charge is 0.495 e. The monoisotopic (exact) mass is 426 g/mol. The number of carbonyl (C=O) groups excluding carboxylic acids is 2. The van der Waals surface area contributed by atoms with Crippen molar-refractivity contribution in [3.05, 3.63) is 78.0 Å². The summed E-state index contributed by atoms with van der Waals surface area (Å²) in [5, 5.41) is 4.86. The molecule has 1 aromatic heterocycles. The van der Waals surface area contributed by atoms with Gasteiger partial charge in [-0.2, -0.15) is 0 Å². The predicted molar refractivity (Wildman–Crippen MR) is 124 cm³/mol. The highest BCUT2D eigenvalue weighted by molar-refractivity contribution is 6.07. The van der Waals surface area contributed by atoms with Crippen LogP contribution in [0.3, 0.4) is 0 Å². The second-order valence-electron chi connectivity index (χ2n) is 7.79. The highest BCUT2D eigenvalue weighted by atomic mass is 16.5. The Bertz CT molecular complexity index is 1390. The lowest BCUT2D eigenvalue weighted by Crippen LogP contribution is -2.33. The van der Waals surface area contributed by atoms with Gasteiger partial charge in [-0.3, -0.25) is 9.59 Å². The van der Waals surface area contributed by atoms with Crippen LogP contribution in [0, 0.1) is 0 Å². The number of fused-ring (bicyclic) bond motifs is 4. The van der Waals surface area contributed by atoms with Crippen LogP contribution in [0.15, 0.2) is 71.3 Å². The van der Waals surface area contributed by atoms with E-state index in [2.05, 4.69) is 5.32 Å². The van der Waals surface area contributed by atoms with Gasteiger partial charge < -0.3 is 19.4 Å². The van der Waals surface area contributed by atoms with Gasteiger partial charge >= 0.3 is 0 Å². The first-order chi connectivity index (χ1) is 15.5. The Balaban J connectivity index is 1.46. The Labute approximate surface area is 185 Å². The molecule has 2 heterocycles. The van der Waals surface area contributed by atoms with E-state index in [0.717, 1.165) is 27.5 Å². The maximum Gasteiger partial charge on any atom is 0.226 e. The zero-order valence-electron chi connectivity index (χ0n) is 17.8. The minimum absolute atomic E-state index is 0.113. The Kier molecular flexibility index (Phi) is 4.90. The van der Waals surface area contributed by atoms with E-state index in [1.54, 1.807) is 24.3 Å². The zero-order valence-corrected chi connectivity index (χ0v) is 17.8. The normalized spacial score (nSPS) is 15.1. The van der Waals surface area contributed by atoms with Crippen LogP contribution in [0.1, 0.15) is 30.5 Å². The van der Waals surface area contributed by atoms with E-state index in [9.17, 15) is 9.59 Å². The van der Waals surface area contributed by atoms with Crippen LogP contribution in [0.4, 0.5) is 5.69 Å². The van der Waals surface area contributed by atoms with E-state index in [-0.39, 0.29) is 24.3 Å². The Morgan fingerprint density at radius 2 is 1.81 bits per heavy atom. The molecule has 0 unspecified atom stereocenters. The number of para-hydroxylation sites is 1. The molecule has 1 atom stereocenters. The summed E-state index contributed by atoms with van der Waals surface area (Å²) < 4.78 is 11.5. The van der Waals surface area contributed by atoms with Gasteiger partial charge in [0.2, 0.25) is 11.8 Å². The number of nitrogens with one attached hydrogen (secondary N) is 1. The molecule has 160 valence electrons. The smallest absolute Gasteiger partial charge is 0.226 e. The summed E-state index contributed by atoms with van der Waals surface area (Å²) in [4.78, 5) is 26.9. The van der Waals surface area contributed by atoms with Crippen molar-refractivity contribution in [1.82, 2.24) is 4.90 Å². The Morgan fingerprint density at radius 1 is 1.03 bits per heavy atom. The molecule has 1 aliphatic heterocycles. The van der Waals surface area contributed by atoms with Crippen molar-refractivity contribution in [3.63, 3.8) is 0 Å². The van der Waals surface area contributed by atoms with Gasteiger partial charge in [0.25, 0.3) is 0 Å². The number of amides is 2. The average Bonchev–Trinajstić information content (AvgIpc) is 3.15. The maximum atomic E-state index is 13.1. The Morgan fingerprint density at radius 3 is 2.62 bits per heavy atom.